The number of aryl methyl sites for hydroxylation is 1. The first-order valence-corrected chi connectivity index (χ1v) is 13.4. The molecule has 4 rings (SSSR count). The number of hydrogen-bond acceptors (Lipinski definition) is 6. The fourth-order valence-corrected chi connectivity index (χ4v) is 5.79. The molecule has 0 unspecified atom stereocenters. The number of halogens is 1. The van der Waals surface area contributed by atoms with E-state index in [1.807, 2.05) is 30.5 Å². The number of piperidine rings is 1. The normalized spacial score (nSPS) is 16.5. The Morgan fingerprint density at radius 1 is 1.22 bits per heavy atom. The first-order chi connectivity index (χ1) is 17.9. The summed E-state index contributed by atoms with van der Waals surface area (Å²) in [6.07, 6.45) is 10.5. The van der Waals surface area contributed by atoms with Crippen molar-refractivity contribution in [1.82, 2.24) is 14.9 Å². The van der Waals surface area contributed by atoms with Crippen LogP contribution in [0.25, 0.3) is 10.9 Å². The van der Waals surface area contributed by atoms with Gasteiger partial charge in [0.2, 0.25) is 0 Å². The first kappa shape index (κ1) is 27.3. The van der Waals surface area contributed by atoms with Crippen LogP contribution in [0, 0.1) is 5.41 Å². The van der Waals surface area contributed by atoms with Gasteiger partial charge in [-0.1, -0.05) is 17.7 Å². The van der Waals surface area contributed by atoms with Crippen LogP contribution in [-0.4, -0.2) is 57.8 Å². The number of hydrogen-bond donors (Lipinski definition) is 2. The number of aliphatic hydroxyl groups is 1. The molecule has 1 atom stereocenters. The first-order valence-electron chi connectivity index (χ1n) is 13.0. The lowest BCUT2D eigenvalue weighted by Gasteiger charge is -2.41. The van der Waals surface area contributed by atoms with Crippen LogP contribution in [0.2, 0.25) is 5.02 Å². The summed E-state index contributed by atoms with van der Waals surface area (Å²) in [6.45, 7) is 2.78. The zero-order valence-corrected chi connectivity index (χ0v) is 22.2. The molecule has 0 aliphatic carbocycles. The van der Waals surface area contributed by atoms with E-state index in [9.17, 15) is 15.0 Å². The van der Waals surface area contributed by atoms with Gasteiger partial charge in [-0.2, -0.15) is 0 Å². The fourth-order valence-electron chi connectivity index (χ4n) is 5.52. The molecular weight excluding hydrogens is 490 g/mol. The van der Waals surface area contributed by atoms with Gasteiger partial charge in [-0.05, 0) is 99.8 Å². The maximum Gasteiger partial charge on any atom is 0.303 e. The SMILES string of the molecule is COc1ccc2ncc(Cl)c([C@@H](O)CCC3(CC(=O)O)CCN(CCCCc4cccnc4)CC3)c2c1. The number of methoxy groups -OCH3 is 1. The standard InChI is InChI=1S/C29H36ClN3O4/c1-37-22-7-8-25-23(17-22)28(24(30)20-32-25)26(34)9-10-29(18-27(35)36)11-15-33(16-12-29)14-3-2-5-21-6-4-13-31-19-21/h4,6-8,13,17,19-20,26,34H,2-3,5,9-12,14-16,18H2,1H3,(H,35,36)/t26-/m0/s1. The van der Waals surface area contributed by atoms with E-state index in [1.165, 1.54) is 5.56 Å². The molecule has 0 spiro atoms. The molecule has 2 N–H and O–H groups in total. The van der Waals surface area contributed by atoms with Gasteiger partial charge in [0.1, 0.15) is 5.75 Å². The molecule has 198 valence electrons. The van der Waals surface area contributed by atoms with Gasteiger partial charge in [-0.25, -0.2) is 0 Å². The van der Waals surface area contributed by atoms with Crippen molar-refractivity contribution in [2.75, 3.05) is 26.7 Å². The lowest BCUT2D eigenvalue weighted by Crippen LogP contribution is -2.41. The number of aliphatic carboxylic acids is 1. The molecule has 0 saturated carbocycles. The number of unbranched alkanes of at least 4 members (excludes halogenated alkanes) is 1. The second-order valence-electron chi connectivity index (χ2n) is 10.2. The molecule has 0 radical (unpaired) electrons. The van der Waals surface area contributed by atoms with Gasteiger partial charge >= 0.3 is 5.97 Å². The van der Waals surface area contributed by atoms with Crippen molar-refractivity contribution in [3.8, 4) is 5.75 Å². The summed E-state index contributed by atoms with van der Waals surface area (Å²) >= 11 is 6.49. The van der Waals surface area contributed by atoms with E-state index in [4.69, 9.17) is 16.3 Å². The fraction of sp³-hybridized carbons (Fsp3) is 0.483. The molecule has 1 aromatic carbocycles. The van der Waals surface area contributed by atoms with Gasteiger partial charge in [-0.15, -0.1) is 0 Å². The summed E-state index contributed by atoms with van der Waals surface area (Å²) in [5, 5.41) is 22.1. The molecule has 1 saturated heterocycles. The molecular formula is C29H36ClN3O4. The lowest BCUT2D eigenvalue weighted by atomic mass is 9.71. The minimum atomic E-state index is -0.818. The number of benzene rings is 1. The van der Waals surface area contributed by atoms with Crippen LogP contribution in [0.1, 0.15) is 62.2 Å². The number of carboxylic acid groups (broad SMARTS) is 1. The number of fused-ring (bicyclic) bond motifs is 1. The van der Waals surface area contributed by atoms with Crippen molar-refractivity contribution in [2.24, 2.45) is 5.41 Å². The smallest absolute Gasteiger partial charge is 0.303 e. The van der Waals surface area contributed by atoms with Crippen LogP contribution in [-0.2, 0) is 11.2 Å². The van der Waals surface area contributed by atoms with Gasteiger partial charge in [0.15, 0.2) is 0 Å². The second-order valence-corrected chi connectivity index (χ2v) is 10.6. The number of aliphatic hydroxyl groups excluding tert-OH is 1. The Kier molecular flexibility index (Phi) is 9.35. The Balaban J connectivity index is 1.35. The molecule has 37 heavy (non-hydrogen) atoms. The Bertz CT molecular complexity index is 1180. The molecule has 3 heterocycles. The number of carbonyl (C=O) groups is 1. The Morgan fingerprint density at radius 2 is 2.03 bits per heavy atom. The molecule has 1 aliphatic heterocycles. The van der Waals surface area contributed by atoms with Crippen molar-refractivity contribution in [1.29, 1.82) is 0 Å². The van der Waals surface area contributed by atoms with Crippen molar-refractivity contribution < 1.29 is 19.7 Å². The van der Waals surface area contributed by atoms with Crippen LogP contribution in [0.15, 0.2) is 48.9 Å². The average Bonchev–Trinajstić information content (AvgIpc) is 2.90. The van der Waals surface area contributed by atoms with Crippen molar-refractivity contribution in [3.05, 3.63) is 65.1 Å². The predicted octanol–water partition coefficient (Wildman–Crippen LogP) is 5.69. The van der Waals surface area contributed by atoms with E-state index in [2.05, 4.69) is 20.9 Å². The number of likely N-dealkylation sites (tertiary alicyclic amines) is 1. The highest BCUT2D eigenvalue weighted by Crippen LogP contribution is 2.43. The van der Waals surface area contributed by atoms with Crippen LogP contribution in [0.5, 0.6) is 5.75 Å². The highest BCUT2D eigenvalue weighted by Gasteiger charge is 2.37. The van der Waals surface area contributed by atoms with E-state index in [1.54, 1.807) is 19.5 Å². The van der Waals surface area contributed by atoms with Gasteiger partial charge in [0.25, 0.3) is 0 Å². The highest BCUT2D eigenvalue weighted by molar-refractivity contribution is 6.32. The summed E-state index contributed by atoms with van der Waals surface area (Å²) < 4.78 is 5.35. The van der Waals surface area contributed by atoms with Crippen molar-refractivity contribution in [2.45, 2.75) is 57.5 Å². The summed E-state index contributed by atoms with van der Waals surface area (Å²) in [7, 11) is 1.60. The van der Waals surface area contributed by atoms with E-state index in [-0.39, 0.29) is 11.8 Å². The maximum absolute atomic E-state index is 11.8. The van der Waals surface area contributed by atoms with Crippen LogP contribution >= 0.6 is 11.6 Å². The predicted molar refractivity (Wildman–Crippen MR) is 145 cm³/mol. The number of carboxylic acids is 1. The van der Waals surface area contributed by atoms with E-state index < -0.39 is 12.1 Å². The van der Waals surface area contributed by atoms with E-state index in [0.717, 1.165) is 62.6 Å². The third-order valence-corrected chi connectivity index (χ3v) is 8.01. The number of rotatable bonds is 12. The summed E-state index contributed by atoms with van der Waals surface area (Å²) in [4.78, 5) is 22.8. The molecule has 0 bridgehead atoms. The third kappa shape index (κ3) is 7.18. The molecule has 3 aromatic rings. The van der Waals surface area contributed by atoms with Gasteiger partial charge in [-0.3, -0.25) is 14.8 Å². The van der Waals surface area contributed by atoms with Gasteiger partial charge in [0, 0.05) is 29.5 Å². The molecule has 8 heteroatoms. The maximum atomic E-state index is 11.8. The number of ether oxygens (including phenoxy) is 1. The lowest BCUT2D eigenvalue weighted by molar-refractivity contribution is -0.141. The molecule has 2 aromatic heterocycles. The van der Waals surface area contributed by atoms with Gasteiger partial charge in [0.05, 0.1) is 30.2 Å². The van der Waals surface area contributed by atoms with Crippen LogP contribution in [0.3, 0.4) is 0 Å². The third-order valence-electron chi connectivity index (χ3n) is 7.71. The highest BCUT2D eigenvalue weighted by atomic mass is 35.5. The van der Waals surface area contributed by atoms with Crippen molar-refractivity contribution in [3.63, 3.8) is 0 Å². The van der Waals surface area contributed by atoms with E-state index >= 15 is 0 Å². The largest absolute Gasteiger partial charge is 0.497 e. The Labute approximate surface area is 223 Å². The number of pyridine rings is 2. The summed E-state index contributed by atoms with van der Waals surface area (Å²) in [6, 6.07) is 9.60. The van der Waals surface area contributed by atoms with E-state index in [0.29, 0.717) is 29.2 Å². The van der Waals surface area contributed by atoms with Gasteiger partial charge < -0.3 is 19.8 Å². The number of nitrogens with zero attached hydrogens (tertiary/aromatic N) is 3. The minimum Gasteiger partial charge on any atom is -0.497 e. The summed E-state index contributed by atoms with van der Waals surface area (Å²) in [5.41, 5.74) is 2.30. The molecule has 1 fully saturated rings. The van der Waals surface area contributed by atoms with Crippen LogP contribution < -0.4 is 4.74 Å². The second kappa shape index (κ2) is 12.7. The Hall–Kier alpha value is -2.74. The molecule has 7 nitrogen and oxygen atoms in total. The minimum absolute atomic E-state index is 0.118. The number of aromatic nitrogens is 2. The quantitative estimate of drug-likeness (QED) is 0.293. The zero-order chi connectivity index (χ0) is 26.3. The molecule has 1 aliphatic rings. The summed E-state index contributed by atoms with van der Waals surface area (Å²) in [5.74, 6) is -0.114. The average molecular weight is 526 g/mol. The van der Waals surface area contributed by atoms with Crippen LogP contribution in [0.4, 0.5) is 0 Å². The topological polar surface area (TPSA) is 95.8 Å². The van der Waals surface area contributed by atoms with Crippen molar-refractivity contribution >= 4 is 28.5 Å². The zero-order valence-electron chi connectivity index (χ0n) is 21.4. The Morgan fingerprint density at radius 3 is 2.73 bits per heavy atom. The molecule has 0 amide bonds. The monoisotopic (exact) mass is 525 g/mol.